The molecule has 21 nitrogen and oxygen atoms in total. The molecule has 3 fully saturated rings. The fourth-order valence-electron chi connectivity index (χ4n) is 9.49. The number of benzene rings is 4. The third-order valence-corrected chi connectivity index (χ3v) is 13.5. The Hall–Kier alpha value is -5.79. The molecule has 4 aromatic rings. The number of carbonyl (C=O) groups is 5. The Bertz CT molecular complexity index is 2700. The highest BCUT2D eigenvalue weighted by molar-refractivity contribution is 6.76. The Labute approximate surface area is 490 Å². The van der Waals surface area contributed by atoms with Crippen molar-refractivity contribution in [3.63, 3.8) is 0 Å². The van der Waals surface area contributed by atoms with E-state index >= 15 is 0 Å². The number of carbonyl (C=O) groups excluding carboxylic acids is 5. The molecule has 82 heavy (non-hydrogen) atoms. The summed E-state index contributed by atoms with van der Waals surface area (Å²) in [5.41, 5.74) is 3.21. The van der Waals surface area contributed by atoms with Crippen LogP contribution in [0, 0.1) is 5.41 Å². The van der Waals surface area contributed by atoms with Crippen molar-refractivity contribution in [3.05, 3.63) is 144 Å². The van der Waals surface area contributed by atoms with Crippen molar-refractivity contribution in [1.29, 1.82) is 5.41 Å². The molecule has 0 saturated carbocycles. The van der Waals surface area contributed by atoms with E-state index in [2.05, 4.69) is 5.32 Å². The molecule has 2 N–H and O–H groups in total. The SMILES string of the molecule is CC(=O)N[C@H]1[C@@H](OC(=N)C(Cl)(Cl)Cl)O[C@H](COCc2ccccc2)[C@@H](O[C@@H]2O[C@H](COC(C)=O)[C@H](OC(C)=O)[C@H](OC(C)=O)[C@H]2OC(C)=O)[C@@H]1O[C@@H]1O[C@@H](C)[C@@H](OCc2ccccc2)[C@@H](OCc2ccccc2)[C@@H]1OCc1ccccc1. The molecule has 0 radical (unpaired) electrons. The number of nitrogens with one attached hydrogen (secondary N) is 2. The highest BCUT2D eigenvalue weighted by Crippen LogP contribution is 2.39. The van der Waals surface area contributed by atoms with Crippen molar-refractivity contribution in [2.45, 2.75) is 164 Å². The number of rotatable bonds is 24. The lowest BCUT2D eigenvalue weighted by molar-refractivity contribution is -0.376. The lowest BCUT2D eigenvalue weighted by Crippen LogP contribution is -2.70. The topological polar surface area (TPSA) is 250 Å². The summed E-state index contributed by atoms with van der Waals surface area (Å²) in [4.78, 5) is 64.8. The monoisotopic (exact) mass is 1200 g/mol. The summed E-state index contributed by atoms with van der Waals surface area (Å²) >= 11 is 18.7. The Morgan fingerprint density at radius 1 is 0.476 bits per heavy atom. The Balaban J connectivity index is 1.39. The first-order valence-electron chi connectivity index (χ1n) is 26.3. The number of esters is 4. The van der Waals surface area contributed by atoms with Gasteiger partial charge in [-0.25, -0.2) is 0 Å². The maximum atomic E-state index is 13.6. The summed E-state index contributed by atoms with van der Waals surface area (Å²) in [6.45, 7) is 6.58. The van der Waals surface area contributed by atoms with Crippen LogP contribution in [0.2, 0.25) is 0 Å². The van der Waals surface area contributed by atoms with Gasteiger partial charge < -0.3 is 71.6 Å². The van der Waals surface area contributed by atoms with Gasteiger partial charge in [0.15, 0.2) is 30.9 Å². The van der Waals surface area contributed by atoms with Gasteiger partial charge in [0.2, 0.25) is 18.1 Å². The first-order valence-corrected chi connectivity index (χ1v) is 27.5. The molecule has 0 unspecified atom stereocenters. The number of ether oxygens (including phenoxy) is 14. The fraction of sp³-hybridized carbons (Fsp3) is 0.483. The quantitative estimate of drug-likeness (QED) is 0.0232. The van der Waals surface area contributed by atoms with Gasteiger partial charge >= 0.3 is 23.9 Å². The second kappa shape index (κ2) is 30.7. The van der Waals surface area contributed by atoms with Crippen LogP contribution in [-0.2, 0) is 117 Å². The van der Waals surface area contributed by atoms with E-state index in [4.69, 9.17) is 107 Å². The Morgan fingerprint density at radius 2 is 0.902 bits per heavy atom. The average molecular weight is 1200 g/mol. The summed E-state index contributed by atoms with van der Waals surface area (Å²) in [6, 6.07) is 35.8. The molecule has 0 bridgehead atoms. The molecule has 0 aliphatic carbocycles. The summed E-state index contributed by atoms with van der Waals surface area (Å²) in [6.07, 6.45) is -20.1. The predicted octanol–water partition coefficient (Wildman–Crippen LogP) is 7.15. The van der Waals surface area contributed by atoms with Gasteiger partial charge in [-0.3, -0.25) is 29.4 Å². The summed E-state index contributed by atoms with van der Waals surface area (Å²) in [5.74, 6) is -5.03. The standard InChI is InChI=1S/C58H67Cl3N2O19/c1-33-46(71-28-40-21-13-8-14-22-40)50(72-29-41-23-15-9-16-24-41)52(73-30-42-25-17-10-18-26-42)55(74-33)81-49-45(63-34(2)64)54(82-57(62)58(59,60)61)78-43(31-69-27-39-19-11-7-12-20-39)47(49)80-56-53(77-38(6)68)51(76-37(5)67)48(75-36(4)66)44(79-56)32-70-35(3)65/h7-26,33,43-56,62H,27-32H2,1-6H3,(H,63,64)/t33-,43+,44+,45+,46+,47+,48-,49+,50+,51-,52-,53+,54+,55-,56-/m0/s1. The third-order valence-electron chi connectivity index (χ3n) is 13.0. The number of hydrogen-bond acceptors (Lipinski definition) is 20. The van der Waals surface area contributed by atoms with Crippen molar-refractivity contribution in [2.24, 2.45) is 0 Å². The van der Waals surface area contributed by atoms with Crippen molar-refractivity contribution in [3.8, 4) is 0 Å². The van der Waals surface area contributed by atoms with Crippen LogP contribution in [0.3, 0.4) is 0 Å². The van der Waals surface area contributed by atoms with Gasteiger partial charge in [0.1, 0.15) is 55.4 Å². The van der Waals surface area contributed by atoms with E-state index in [0.717, 1.165) is 49.9 Å². The van der Waals surface area contributed by atoms with Crippen LogP contribution < -0.4 is 5.32 Å². The van der Waals surface area contributed by atoms with Crippen LogP contribution in [0.15, 0.2) is 121 Å². The van der Waals surface area contributed by atoms with E-state index in [0.29, 0.717) is 0 Å². The number of alkyl halides is 3. The molecule has 4 aromatic carbocycles. The minimum Gasteiger partial charge on any atom is -0.463 e. The maximum Gasteiger partial charge on any atom is 0.303 e. The van der Waals surface area contributed by atoms with Gasteiger partial charge in [0, 0.05) is 34.6 Å². The van der Waals surface area contributed by atoms with Crippen LogP contribution >= 0.6 is 34.8 Å². The minimum absolute atomic E-state index is 0.00458. The molecule has 3 aliphatic rings. The summed E-state index contributed by atoms with van der Waals surface area (Å²) in [5, 5.41) is 11.6. The molecule has 3 heterocycles. The zero-order valence-corrected chi connectivity index (χ0v) is 48.1. The summed E-state index contributed by atoms with van der Waals surface area (Å²) < 4.78 is 87.2. The molecule has 0 aromatic heterocycles. The molecular formula is C58H67Cl3N2O19. The van der Waals surface area contributed by atoms with Crippen LogP contribution in [-0.4, -0.2) is 145 Å². The van der Waals surface area contributed by atoms with Crippen molar-refractivity contribution in [2.75, 3.05) is 13.2 Å². The molecule has 3 aliphatic heterocycles. The number of hydrogen-bond donors (Lipinski definition) is 2. The van der Waals surface area contributed by atoms with Gasteiger partial charge in [-0.1, -0.05) is 156 Å². The van der Waals surface area contributed by atoms with E-state index < -0.39 is 138 Å². The molecule has 24 heteroatoms. The van der Waals surface area contributed by atoms with Gasteiger partial charge in [0.05, 0.1) is 39.1 Å². The van der Waals surface area contributed by atoms with Gasteiger partial charge in [-0.2, -0.15) is 0 Å². The van der Waals surface area contributed by atoms with Gasteiger partial charge in [-0.15, -0.1) is 0 Å². The molecule has 7 rings (SSSR count). The zero-order valence-electron chi connectivity index (χ0n) is 45.8. The van der Waals surface area contributed by atoms with Crippen molar-refractivity contribution in [1.82, 2.24) is 5.32 Å². The van der Waals surface area contributed by atoms with Crippen LogP contribution in [0.5, 0.6) is 0 Å². The molecule has 0 spiro atoms. The normalized spacial score (nSPS) is 28.2. The second-order valence-electron chi connectivity index (χ2n) is 19.5. The minimum atomic E-state index is -2.46. The van der Waals surface area contributed by atoms with Crippen LogP contribution in [0.25, 0.3) is 0 Å². The van der Waals surface area contributed by atoms with Crippen LogP contribution in [0.1, 0.15) is 63.8 Å². The Morgan fingerprint density at radius 3 is 1.39 bits per heavy atom. The van der Waals surface area contributed by atoms with Crippen molar-refractivity contribution < 1.29 is 90.3 Å². The van der Waals surface area contributed by atoms with Crippen molar-refractivity contribution >= 4 is 70.5 Å². The van der Waals surface area contributed by atoms with Gasteiger partial charge in [-0.05, 0) is 29.2 Å². The first kappa shape index (κ1) is 63.8. The van der Waals surface area contributed by atoms with E-state index in [1.165, 1.54) is 6.92 Å². The predicted molar refractivity (Wildman–Crippen MR) is 293 cm³/mol. The Kier molecular flexibility index (Phi) is 23.9. The highest BCUT2D eigenvalue weighted by atomic mass is 35.6. The molecule has 444 valence electrons. The zero-order chi connectivity index (χ0) is 58.9. The molecule has 3 saturated heterocycles. The highest BCUT2D eigenvalue weighted by Gasteiger charge is 2.59. The molecule has 15 atom stereocenters. The molecule has 1 amide bonds. The molecular weight excluding hydrogens is 1130 g/mol. The van der Waals surface area contributed by atoms with E-state index in [-0.39, 0.29) is 33.0 Å². The fourth-order valence-corrected chi connectivity index (χ4v) is 9.62. The van der Waals surface area contributed by atoms with Crippen LogP contribution in [0.4, 0.5) is 0 Å². The number of amides is 1. The summed E-state index contributed by atoms with van der Waals surface area (Å²) in [7, 11) is 0. The third kappa shape index (κ3) is 18.6. The lowest BCUT2D eigenvalue weighted by atomic mass is 9.94. The van der Waals surface area contributed by atoms with E-state index in [1.54, 1.807) is 6.92 Å². The van der Waals surface area contributed by atoms with Gasteiger partial charge in [0.25, 0.3) is 3.79 Å². The first-order chi connectivity index (χ1) is 39.2. The largest absolute Gasteiger partial charge is 0.463 e. The smallest absolute Gasteiger partial charge is 0.303 e. The lowest BCUT2D eigenvalue weighted by Gasteiger charge is -2.51. The van der Waals surface area contributed by atoms with E-state index in [1.807, 2.05) is 121 Å². The maximum absolute atomic E-state index is 13.6. The second-order valence-corrected chi connectivity index (χ2v) is 21.8. The average Bonchev–Trinajstić information content (AvgIpc) is 2.55. The van der Waals surface area contributed by atoms with E-state index in [9.17, 15) is 24.0 Å². The number of halogens is 3.